The van der Waals surface area contributed by atoms with Gasteiger partial charge in [-0.3, -0.25) is 4.98 Å². The molecule has 96 valence electrons. The van der Waals surface area contributed by atoms with Crippen LogP contribution in [0.2, 0.25) is 0 Å². The highest BCUT2D eigenvalue weighted by Gasteiger charge is 2.03. The molecule has 2 aromatic rings. The smallest absolute Gasteiger partial charge is 0.211 e. The molecule has 0 spiro atoms. The quantitative estimate of drug-likeness (QED) is 0.777. The molecular weight excluding hydrogens is 228 g/mol. The number of nitrogens with one attached hydrogen (secondary N) is 1. The topological polar surface area (TPSA) is 52.0 Å². The van der Waals surface area contributed by atoms with Gasteiger partial charge in [0.1, 0.15) is 0 Å². The minimum absolute atomic E-state index is 0.752. The van der Waals surface area contributed by atoms with Crippen molar-refractivity contribution in [3.8, 4) is 5.88 Å². The third kappa shape index (κ3) is 3.30. The van der Waals surface area contributed by atoms with Gasteiger partial charge in [-0.2, -0.15) is 5.10 Å². The summed E-state index contributed by atoms with van der Waals surface area (Å²) in [5.74, 6) is 0.779. The van der Waals surface area contributed by atoms with Gasteiger partial charge in [-0.15, -0.1) is 0 Å². The number of pyridine rings is 1. The summed E-state index contributed by atoms with van der Waals surface area (Å²) in [6.45, 7) is 1.67. The van der Waals surface area contributed by atoms with Gasteiger partial charge in [0.2, 0.25) is 5.88 Å². The zero-order valence-electron chi connectivity index (χ0n) is 10.8. The van der Waals surface area contributed by atoms with Gasteiger partial charge in [-0.05, 0) is 30.7 Å². The molecule has 5 nitrogen and oxygen atoms in total. The van der Waals surface area contributed by atoms with Gasteiger partial charge in [0.25, 0.3) is 0 Å². The summed E-state index contributed by atoms with van der Waals surface area (Å²) in [7, 11) is 3.52. The van der Waals surface area contributed by atoms with Crippen molar-refractivity contribution in [1.82, 2.24) is 20.1 Å². The van der Waals surface area contributed by atoms with E-state index < -0.39 is 0 Å². The monoisotopic (exact) mass is 246 g/mol. The number of nitrogens with zero attached hydrogens (tertiary/aromatic N) is 3. The lowest BCUT2D eigenvalue weighted by atomic mass is 10.2. The van der Waals surface area contributed by atoms with Gasteiger partial charge < -0.3 is 10.1 Å². The third-order valence-corrected chi connectivity index (χ3v) is 2.74. The average molecular weight is 246 g/mol. The summed E-state index contributed by atoms with van der Waals surface area (Å²) < 4.78 is 6.90. The second kappa shape index (κ2) is 6.16. The summed E-state index contributed by atoms with van der Waals surface area (Å²) in [5, 5.41) is 7.71. The van der Waals surface area contributed by atoms with E-state index in [0.29, 0.717) is 0 Å². The second-order valence-corrected chi connectivity index (χ2v) is 4.08. The van der Waals surface area contributed by atoms with Crippen LogP contribution in [-0.4, -0.2) is 28.4 Å². The van der Waals surface area contributed by atoms with E-state index in [1.54, 1.807) is 11.8 Å². The summed E-state index contributed by atoms with van der Waals surface area (Å²) in [4.78, 5) is 4.00. The number of hydrogen-bond donors (Lipinski definition) is 1. The van der Waals surface area contributed by atoms with E-state index in [2.05, 4.69) is 15.4 Å². The molecule has 1 N–H and O–H groups in total. The molecule has 2 rings (SSSR count). The molecule has 0 amide bonds. The largest absolute Gasteiger partial charge is 0.481 e. The summed E-state index contributed by atoms with van der Waals surface area (Å²) in [6.07, 6.45) is 4.63. The van der Waals surface area contributed by atoms with Crippen LogP contribution < -0.4 is 10.1 Å². The predicted molar refractivity (Wildman–Crippen MR) is 69.4 cm³/mol. The molecule has 0 aliphatic rings. The van der Waals surface area contributed by atoms with Crippen molar-refractivity contribution in [2.75, 3.05) is 13.7 Å². The fourth-order valence-electron chi connectivity index (χ4n) is 1.78. The van der Waals surface area contributed by atoms with Crippen molar-refractivity contribution in [3.63, 3.8) is 0 Å². The van der Waals surface area contributed by atoms with Crippen molar-refractivity contribution in [2.45, 2.75) is 13.0 Å². The van der Waals surface area contributed by atoms with E-state index in [9.17, 15) is 0 Å². The molecule has 18 heavy (non-hydrogen) atoms. The molecule has 0 saturated heterocycles. The van der Waals surface area contributed by atoms with Crippen molar-refractivity contribution in [1.29, 1.82) is 0 Å². The molecular formula is C13H18N4O. The Labute approximate surface area is 107 Å². The van der Waals surface area contributed by atoms with Gasteiger partial charge in [-0.1, -0.05) is 0 Å². The van der Waals surface area contributed by atoms with Crippen LogP contribution in [0.15, 0.2) is 30.6 Å². The minimum atomic E-state index is 0.752. The molecule has 0 unspecified atom stereocenters. The third-order valence-electron chi connectivity index (χ3n) is 2.74. The van der Waals surface area contributed by atoms with Gasteiger partial charge >= 0.3 is 0 Å². The zero-order valence-corrected chi connectivity index (χ0v) is 10.8. The Kier molecular flexibility index (Phi) is 4.30. The van der Waals surface area contributed by atoms with Crippen molar-refractivity contribution in [2.24, 2.45) is 7.05 Å². The predicted octanol–water partition coefficient (Wildman–Crippen LogP) is 1.16. The number of rotatable bonds is 6. The van der Waals surface area contributed by atoms with Crippen LogP contribution in [0.4, 0.5) is 0 Å². The Bertz CT molecular complexity index is 481. The first-order valence-corrected chi connectivity index (χ1v) is 5.96. The van der Waals surface area contributed by atoms with Crippen LogP contribution in [0.25, 0.3) is 0 Å². The standard InChI is InChI=1S/C13H18N4O/c1-17-13(18-2)9-12(16-17)10-15-8-5-11-3-6-14-7-4-11/h3-4,6-7,9,15H,5,8,10H2,1-2H3. The lowest BCUT2D eigenvalue weighted by molar-refractivity contribution is 0.373. The second-order valence-electron chi connectivity index (χ2n) is 4.08. The highest BCUT2D eigenvalue weighted by Crippen LogP contribution is 2.10. The van der Waals surface area contributed by atoms with Crippen LogP contribution >= 0.6 is 0 Å². The molecule has 0 aromatic carbocycles. The fourth-order valence-corrected chi connectivity index (χ4v) is 1.78. The normalized spacial score (nSPS) is 10.6. The van der Waals surface area contributed by atoms with Gasteiger partial charge in [0, 0.05) is 32.1 Å². The maximum Gasteiger partial charge on any atom is 0.211 e. The Hall–Kier alpha value is -1.88. The van der Waals surface area contributed by atoms with Crippen molar-refractivity contribution < 1.29 is 4.74 Å². The number of hydrogen-bond acceptors (Lipinski definition) is 4. The molecule has 0 fully saturated rings. The van der Waals surface area contributed by atoms with Gasteiger partial charge in [0.15, 0.2) is 0 Å². The Morgan fingerprint density at radius 2 is 2.11 bits per heavy atom. The van der Waals surface area contributed by atoms with Crippen LogP contribution in [0.5, 0.6) is 5.88 Å². The van der Waals surface area contributed by atoms with E-state index in [1.807, 2.05) is 37.6 Å². The minimum Gasteiger partial charge on any atom is -0.481 e. The molecule has 0 atom stereocenters. The summed E-state index contributed by atoms with van der Waals surface area (Å²) in [6, 6.07) is 6.01. The number of aromatic nitrogens is 3. The summed E-state index contributed by atoms with van der Waals surface area (Å²) in [5.41, 5.74) is 2.28. The van der Waals surface area contributed by atoms with E-state index in [1.165, 1.54) is 5.56 Å². The molecule has 0 aliphatic carbocycles. The van der Waals surface area contributed by atoms with Crippen LogP contribution in [0.3, 0.4) is 0 Å². The lowest BCUT2D eigenvalue weighted by Crippen LogP contribution is -2.17. The molecule has 0 saturated carbocycles. The first-order chi connectivity index (χ1) is 8.79. The molecule has 2 aromatic heterocycles. The number of aryl methyl sites for hydroxylation is 1. The summed E-state index contributed by atoms with van der Waals surface area (Å²) >= 11 is 0. The Morgan fingerprint density at radius 3 is 2.78 bits per heavy atom. The zero-order chi connectivity index (χ0) is 12.8. The first kappa shape index (κ1) is 12.6. The Balaban J connectivity index is 1.75. The average Bonchev–Trinajstić information content (AvgIpc) is 2.76. The molecule has 0 bridgehead atoms. The Morgan fingerprint density at radius 1 is 1.33 bits per heavy atom. The molecule has 0 aliphatic heterocycles. The van der Waals surface area contributed by atoms with E-state index >= 15 is 0 Å². The van der Waals surface area contributed by atoms with Crippen LogP contribution in [0, 0.1) is 0 Å². The van der Waals surface area contributed by atoms with Gasteiger partial charge in [-0.25, -0.2) is 4.68 Å². The maximum absolute atomic E-state index is 5.17. The number of methoxy groups -OCH3 is 1. The highest BCUT2D eigenvalue weighted by atomic mass is 16.5. The first-order valence-electron chi connectivity index (χ1n) is 5.96. The van der Waals surface area contributed by atoms with Crippen LogP contribution in [0.1, 0.15) is 11.3 Å². The number of ether oxygens (including phenoxy) is 1. The fraction of sp³-hybridized carbons (Fsp3) is 0.385. The SMILES string of the molecule is COc1cc(CNCCc2ccncc2)nn1C. The maximum atomic E-state index is 5.17. The van der Waals surface area contributed by atoms with Crippen molar-refractivity contribution in [3.05, 3.63) is 41.9 Å². The van der Waals surface area contributed by atoms with E-state index in [-0.39, 0.29) is 0 Å². The highest BCUT2D eigenvalue weighted by molar-refractivity contribution is 5.15. The molecule has 0 radical (unpaired) electrons. The molecule has 2 heterocycles. The molecule has 5 heteroatoms. The van der Waals surface area contributed by atoms with E-state index in [0.717, 1.165) is 31.1 Å². The van der Waals surface area contributed by atoms with Gasteiger partial charge in [0.05, 0.1) is 12.8 Å². The van der Waals surface area contributed by atoms with Crippen LogP contribution in [-0.2, 0) is 20.0 Å². The lowest BCUT2D eigenvalue weighted by Gasteiger charge is -2.02. The van der Waals surface area contributed by atoms with Crippen molar-refractivity contribution >= 4 is 0 Å². The van der Waals surface area contributed by atoms with E-state index in [4.69, 9.17) is 4.74 Å².